The van der Waals surface area contributed by atoms with Crippen molar-refractivity contribution in [3.8, 4) is 0 Å². The summed E-state index contributed by atoms with van der Waals surface area (Å²) in [7, 11) is 0. The smallest absolute Gasteiger partial charge is 0.260 e. The van der Waals surface area contributed by atoms with Gasteiger partial charge >= 0.3 is 0 Å². The van der Waals surface area contributed by atoms with Gasteiger partial charge in [0.25, 0.3) is 5.56 Å². The maximum Gasteiger partial charge on any atom is 0.260 e. The van der Waals surface area contributed by atoms with Gasteiger partial charge in [0.05, 0.1) is 0 Å². The van der Waals surface area contributed by atoms with Crippen LogP contribution in [-0.4, -0.2) is 9.38 Å². The van der Waals surface area contributed by atoms with Crippen molar-refractivity contribution in [1.82, 2.24) is 9.38 Å². The Morgan fingerprint density at radius 1 is 1.29 bits per heavy atom. The number of aryl methyl sites for hydroxylation is 2. The lowest BCUT2D eigenvalue weighted by Crippen LogP contribution is -2.18. The fourth-order valence-electron chi connectivity index (χ4n) is 1.44. The van der Waals surface area contributed by atoms with Gasteiger partial charge in [-0.05, 0) is 38.5 Å². The van der Waals surface area contributed by atoms with E-state index in [4.69, 9.17) is 0 Å². The van der Waals surface area contributed by atoms with Gasteiger partial charge < -0.3 is 0 Å². The van der Waals surface area contributed by atoms with Crippen LogP contribution in [0.1, 0.15) is 16.8 Å². The summed E-state index contributed by atoms with van der Waals surface area (Å²) in [6, 6.07) is 3.82. The van der Waals surface area contributed by atoms with Gasteiger partial charge in [0.15, 0.2) is 0 Å². The number of pyridine rings is 1. The second-order valence-corrected chi connectivity index (χ2v) is 3.56. The van der Waals surface area contributed by atoms with E-state index in [9.17, 15) is 4.79 Å². The van der Waals surface area contributed by atoms with E-state index in [1.807, 2.05) is 26.0 Å². The maximum atomic E-state index is 11.8. The Balaban J connectivity index is 2.98. The molecule has 0 unspecified atom stereocenters. The molecule has 0 saturated carbocycles. The van der Waals surface area contributed by atoms with Crippen LogP contribution < -0.4 is 5.56 Å². The van der Waals surface area contributed by atoms with Crippen molar-refractivity contribution in [2.75, 3.05) is 0 Å². The fraction of sp³-hybridized carbons (Fsp3) is 0.273. The Bertz CT molecular complexity index is 555. The monoisotopic (exact) mass is 188 g/mol. The highest BCUT2D eigenvalue weighted by atomic mass is 16.1. The minimum absolute atomic E-state index is 0.0208. The van der Waals surface area contributed by atoms with Crippen molar-refractivity contribution in [3.05, 3.63) is 45.5 Å². The lowest BCUT2D eigenvalue weighted by atomic mass is 10.2. The molecular formula is C11H12N2O. The molecular weight excluding hydrogens is 176 g/mol. The molecule has 3 nitrogen and oxygen atoms in total. The van der Waals surface area contributed by atoms with E-state index < -0.39 is 0 Å². The molecule has 0 aromatic carbocycles. The molecule has 0 atom stereocenters. The molecule has 14 heavy (non-hydrogen) atoms. The molecule has 0 spiro atoms. The molecule has 2 aromatic rings. The van der Waals surface area contributed by atoms with E-state index in [2.05, 4.69) is 4.98 Å². The Labute approximate surface area is 82.0 Å². The highest BCUT2D eigenvalue weighted by Gasteiger charge is 2.04. The molecule has 0 saturated heterocycles. The number of fused-ring (bicyclic) bond motifs is 1. The summed E-state index contributed by atoms with van der Waals surface area (Å²) in [5.74, 6) is 0. The summed E-state index contributed by atoms with van der Waals surface area (Å²) in [4.78, 5) is 16.1. The predicted octanol–water partition coefficient (Wildman–Crippen LogP) is 1.62. The van der Waals surface area contributed by atoms with Gasteiger partial charge in [0, 0.05) is 17.5 Å². The highest BCUT2D eigenvalue weighted by molar-refractivity contribution is 5.42. The van der Waals surface area contributed by atoms with Gasteiger partial charge in [0.1, 0.15) is 5.65 Å². The van der Waals surface area contributed by atoms with Crippen LogP contribution in [0.3, 0.4) is 0 Å². The van der Waals surface area contributed by atoms with Crippen LogP contribution in [0.15, 0.2) is 23.1 Å². The summed E-state index contributed by atoms with van der Waals surface area (Å²) in [5, 5.41) is 0. The molecule has 72 valence electrons. The van der Waals surface area contributed by atoms with Crippen molar-refractivity contribution in [2.45, 2.75) is 20.8 Å². The average molecular weight is 188 g/mol. The molecule has 2 aromatic heterocycles. The summed E-state index contributed by atoms with van der Waals surface area (Å²) < 4.78 is 1.58. The van der Waals surface area contributed by atoms with E-state index in [1.54, 1.807) is 17.5 Å². The lowest BCUT2D eigenvalue weighted by molar-refractivity contribution is 0.980. The molecule has 0 aliphatic carbocycles. The zero-order valence-electron chi connectivity index (χ0n) is 8.53. The lowest BCUT2D eigenvalue weighted by Gasteiger charge is -2.04. The van der Waals surface area contributed by atoms with Crippen LogP contribution in [-0.2, 0) is 0 Å². The van der Waals surface area contributed by atoms with Gasteiger partial charge in [-0.15, -0.1) is 0 Å². The Morgan fingerprint density at radius 2 is 2.00 bits per heavy atom. The molecule has 0 bridgehead atoms. The first kappa shape index (κ1) is 8.94. The average Bonchev–Trinajstić information content (AvgIpc) is 2.14. The van der Waals surface area contributed by atoms with E-state index in [0.717, 1.165) is 16.9 Å². The van der Waals surface area contributed by atoms with Gasteiger partial charge in [-0.2, -0.15) is 0 Å². The quantitative estimate of drug-likeness (QED) is 0.629. The highest BCUT2D eigenvalue weighted by Crippen LogP contribution is 2.04. The van der Waals surface area contributed by atoms with E-state index in [-0.39, 0.29) is 5.56 Å². The largest absolute Gasteiger partial charge is 0.269 e. The van der Waals surface area contributed by atoms with Gasteiger partial charge in [-0.1, -0.05) is 0 Å². The van der Waals surface area contributed by atoms with Crippen molar-refractivity contribution >= 4 is 5.65 Å². The summed E-state index contributed by atoms with van der Waals surface area (Å²) >= 11 is 0. The Morgan fingerprint density at radius 3 is 2.71 bits per heavy atom. The van der Waals surface area contributed by atoms with Gasteiger partial charge in [-0.3, -0.25) is 9.20 Å². The molecule has 0 amide bonds. The van der Waals surface area contributed by atoms with Crippen LogP contribution >= 0.6 is 0 Å². The van der Waals surface area contributed by atoms with Crippen LogP contribution in [0.2, 0.25) is 0 Å². The number of aromatic nitrogens is 2. The third-order valence-corrected chi connectivity index (χ3v) is 2.45. The molecule has 0 aliphatic rings. The minimum Gasteiger partial charge on any atom is -0.269 e. The van der Waals surface area contributed by atoms with Crippen LogP contribution in [0.4, 0.5) is 0 Å². The number of nitrogens with zero attached hydrogens (tertiary/aromatic N) is 2. The van der Waals surface area contributed by atoms with Gasteiger partial charge in [-0.25, -0.2) is 4.98 Å². The SMILES string of the molecule is Cc1ccn2c(=O)c(C)c(C)nc2c1. The molecule has 0 fully saturated rings. The third-order valence-electron chi connectivity index (χ3n) is 2.45. The first-order valence-corrected chi connectivity index (χ1v) is 4.56. The van der Waals surface area contributed by atoms with Crippen molar-refractivity contribution in [1.29, 1.82) is 0 Å². The first-order valence-electron chi connectivity index (χ1n) is 4.56. The standard InChI is InChI=1S/C11H12N2O/c1-7-4-5-13-10(6-7)12-9(3)8(2)11(13)14/h4-6H,1-3H3. The summed E-state index contributed by atoms with van der Waals surface area (Å²) in [6.07, 6.45) is 1.77. The van der Waals surface area contributed by atoms with E-state index in [0.29, 0.717) is 5.56 Å². The first-order chi connectivity index (χ1) is 6.59. The van der Waals surface area contributed by atoms with Crippen LogP contribution in [0, 0.1) is 20.8 Å². The molecule has 3 heteroatoms. The third kappa shape index (κ3) is 1.21. The van der Waals surface area contributed by atoms with Crippen molar-refractivity contribution in [2.24, 2.45) is 0 Å². The topological polar surface area (TPSA) is 34.4 Å². The predicted molar refractivity (Wildman–Crippen MR) is 55.7 cm³/mol. The van der Waals surface area contributed by atoms with Gasteiger partial charge in [0.2, 0.25) is 0 Å². The van der Waals surface area contributed by atoms with E-state index >= 15 is 0 Å². The fourth-order valence-corrected chi connectivity index (χ4v) is 1.44. The second kappa shape index (κ2) is 2.94. The Hall–Kier alpha value is -1.64. The Kier molecular flexibility index (Phi) is 1.88. The van der Waals surface area contributed by atoms with Crippen LogP contribution in [0.5, 0.6) is 0 Å². The van der Waals surface area contributed by atoms with Crippen molar-refractivity contribution < 1.29 is 0 Å². The normalized spacial score (nSPS) is 10.8. The zero-order valence-corrected chi connectivity index (χ0v) is 8.53. The molecule has 0 radical (unpaired) electrons. The summed E-state index contributed by atoms with van der Waals surface area (Å²) in [5.41, 5.74) is 3.37. The number of hydrogen-bond donors (Lipinski definition) is 0. The van der Waals surface area contributed by atoms with Crippen molar-refractivity contribution in [3.63, 3.8) is 0 Å². The minimum atomic E-state index is 0.0208. The maximum absolute atomic E-state index is 11.8. The van der Waals surface area contributed by atoms with E-state index in [1.165, 1.54) is 0 Å². The molecule has 2 heterocycles. The second-order valence-electron chi connectivity index (χ2n) is 3.56. The number of hydrogen-bond acceptors (Lipinski definition) is 2. The number of rotatable bonds is 0. The molecule has 0 N–H and O–H groups in total. The van der Waals surface area contributed by atoms with Crippen LogP contribution in [0.25, 0.3) is 5.65 Å². The summed E-state index contributed by atoms with van der Waals surface area (Å²) in [6.45, 7) is 5.65. The molecule has 2 rings (SSSR count). The molecule has 0 aliphatic heterocycles. The zero-order chi connectivity index (χ0) is 10.3.